The molecule has 1 rings (SSSR count). The van der Waals surface area contributed by atoms with Gasteiger partial charge in [-0.1, -0.05) is 29.2 Å². The molecular formula is C8H10BrN. The summed E-state index contributed by atoms with van der Waals surface area (Å²) in [4.78, 5) is 3.70. The summed E-state index contributed by atoms with van der Waals surface area (Å²) in [5, 5.41) is 0. The number of pyridine rings is 1. The molecule has 0 aliphatic rings. The minimum Gasteiger partial charge on any atom is -0.261 e. The van der Waals surface area contributed by atoms with E-state index < -0.39 is 19.6 Å². The monoisotopic (exact) mass is 206 g/mol. The molecule has 0 amide bonds. The van der Waals surface area contributed by atoms with Crippen LogP contribution >= 0.6 is 15.9 Å². The fourth-order valence-corrected chi connectivity index (χ4v) is 0.872. The quantitative estimate of drug-likeness (QED) is 0.726. The number of halogens is 1. The highest BCUT2D eigenvalue weighted by atomic mass is 79.9. The highest BCUT2D eigenvalue weighted by Gasteiger charge is 1.91. The van der Waals surface area contributed by atoms with Crippen molar-refractivity contribution in [1.29, 1.82) is 0 Å². The van der Waals surface area contributed by atoms with Crippen LogP contribution in [0.2, 0.25) is 0 Å². The van der Waals surface area contributed by atoms with Crippen molar-refractivity contribution in [3.8, 4) is 0 Å². The second-order valence-corrected chi connectivity index (χ2v) is 2.52. The molecule has 0 bridgehead atoms. The first-order valence-electron chi connectivity index (χ1n) is 6.12. The van der Waals surface area contributed by atoms with Crippen molar-refractivity contribution >= 4 is 15.9 Å². The van der Waals surface area contributed by atoms with E-state index in [1.54, 1.807) is 6.07 Å². The topological polar surface area (TPSA) is 12.9 Å². The van der Waals surface area contributed by atoms with Crippen molar-refractivity contribution < 1.29 is 9.60 Å². The summed E-state index contributed by atoms with van der Waals surface area (Å²) in [6.07, 6.45) is -4.44. The third kappa shape index (κ3) is 2.10. The average molecular weight is 207 g/mol. The Morgan fingerprint density at radius 3 is 3.50 bits per heavy atom. The van der Waals surface area contributed by atoms with Gasteiger partial charge in [-0.3, -0.25) is 4.98 Å². The molecule has 1 aromatic rings. The predicted octanol–water partition coefficient (Wildman–Crippen LogP) is 2.80. The van der Waals surface area contributed by atoms with Gasteiger partial charge in [0.25, 0.3) is 0 Å². The van der Waals surface area contributed by atoms with Crippen molar-refractivity contribution in [2.45, 2.75) is 19.6 Å². The third-order valence-corrected chi connectivity index (χ3v) is 1.41. The molecule has 0 radical (unpaired) electrons. The summed E-state index contributed by atoms with van der Waals surface area (Å²) in [7, 11) is 0. The molecule has 0 aliphatic carbocycles. The summed E-state index contributed by atoms with van der Waals surface area (Å²) < 4.78 is 52.0. The molecule has 0 saturated carbocycles. The lowest BCUT2D eigenvalue weighted by molar-refractivity contribution is 0.881. The summed E-state index contributed by atoms with van der Waals surface area (Å²) in [5.74, 6) is 0. The summed E-state index contributed by atoms with van der Waals surface area (Å²) in [6.45, 7) is -3.07. The van der Waals surface area contributed by atoms with Crippen LogP contribution in [0.3, 0.4) is 0 Å². The third-order valence-electron chi connectivity index (χ3n) is 0.913. The standard InChI is InChI=1S/C8H10BrN/c1-2-3-8-6-7(9)4-5-10-8/h4-6H,2-3H2,1H3/i1D3,2D2,3D2. The number of aryl methyl sites for hydroxylation is 1. The summed E-state index contributed by atoms with van der Waals surface area (Å²) >= 11 is 3.10. The van der Waals surface area contributed by atoms with E-state index in [1.165, 1.54) is 12.3 Å². The van der Waals surface area contributed by atoms with Crippen LogP contribution in [0.5, 0.6) is 0 Å². The van der Waals surface area contributed by atoms with Crippen LogP contribution in [0.1, 0.15) is 28.5 Å². The molecule has 0 saturated heterocycles. The Morgan fingerprint density at radius 1 is 1.90 bits per heavy atom. The molecule has 0 N–H and O–H groups in total. The first-order chi connectivity index (χ1) is 7.50. The van der Waals surface area contributed by atoms with Gasteiger partial charge in [-0.15, -0.1) is 0 Å². The fourth-order valence-electron chi connectivity index (χ4n) is 0.537. The van der Waals surface area contributed by atoms with Gasteiger partial charge >= 0.3 is 0 Å². The Kier molecular flexibility index (Phi) is 0.963. The van der Waals surface area contributed by atoms with E-state index in [2.05, 4.69) is 20.9 Å². The van der Waals surface area contributed by atoms with Gasteiger partial charge in [-0.25, -0.2) is 0 Å². The molecule has 0 aliphatic heterocycles. The van der Waals surface area contributed by atoms with Gasteiger partial charge < -0.3 is 0 Å². The molecule has 10 heavy (non-hydrogen) atoms. The van der Waals surface area contributed by atoms with Crippen LogP contribution in [0.15, 0.2) is 22.8 Å². The first kappa shape index (κ1) is 2.59. The molecule has 0 fully saturated rings. The lowest BCUT2D eigenvalue weighted by Gasteiger charge is -1.95. The smallest absolute Gasteiger partial charge is 0.0414 e. The van der Waals surface area contributed by atoms with Crippen molar-refractivity contribution in [1.82, 2.24) is 4.98 Å². The van der Waals surface area contributed by atoms with E-state index in [-0.39, 0.29) is 5.69 Å². The molecule has 0 spiro atoms. The van der Waals surface area contributed by atoms with Gasteiger partial charge in [0, 0.05) is 26.0 Å². The second-order valence-electron chi connectivity index (χ2n) is 1.61. The largest absolute Gasteiger partial charge is 0.261 e. The van der Waals surface area contributed by atoms with Crippen molar-refractivity contribution in [2.75, 3.05) is 0 Å². The van der Waals surface area contributed by atoms with Gasteiger partial charge in [0.1, 0.15) is 0 Å². The maximum Gasteiger partial charge on any atom is 0.0414 e. The number of hydrogen-bond acceptors (Lipinski definition) is 1. The summed E-state index contributed by atoms with van der Waals surface area (Å²) in [6, 6.07) is 2.81. The van der Waals surface area contributed by atoms with Crippen LogP contribution in [-0.2, 0) is 6.37 Å². The van der Waals surface area contributed by atoms with E-state index in [0.717, 1.165) is 0 Å². The van der Waals surface area contributed by atoms with Crippen LogP contribution in [0.4, 0.5) is 0 Å². The minimum absolute atomic E-state index is 0.256. The fraction of sp³-hybridized carbons (Fsp3) is 0.375. The van der Waals surface area contributed by atoms with E-state index in [0.29, 0.717) is 4.47 Å². The number of nitrogens with zero attached hydrogens (tertiary/aromatic N) is 1. The van der Waals surface area contributed by atoms with Crippen molar-refractivity contribution in [3.05, 3.63) is 28.5 Å². The second kappa shape index (κ2) is 3.71. The van der Waals surface area contributed by atoms with Gasteiger partial charge in [0.15, 0.2) is 0 Å². The highest BCUT2D eigenvalue weighted by molar-refractivity contribution is 9.10. The van der Waals surface area contributed by atoms with Crippen molar-refractivity contribution in [3.63, 3.8) is 0 Å². The Balaban J connectivity index is 3.28. The summed E-state index contributed by atoms with van der Waals surface area (Å²) in [5.41, 5.74) is -0.256. The zero-order valence-corrected chi connectivity index (χ0v) is 6.64. The van der Waals surface area contributed by atoms with Crippen LogP contribution in [0.25, 0.3) is 0 Å². The van der Waals surface area contributed by atoms with Gasteiger partial charge in [-0.2, -0.15) is 0 Å². The van der Waals surface area contributed by atoms with Gasteiger partial charge in [0.2, 0.25) is 0 Å². The van der Waals surface area contributed by atoms with E-state index >= 15 is 0 Å². The molecule has 1 heterocycles. The molecule has 0 unspecified atom stereocenters. The van der Waals surface area contributed by atoms with E-state index in [9.17, 15) is 0 Å². The molecule has 0 aromatic carbocycles. The Morgan fingerprint density at radius 2 is 2.80 bits per heavy atom. The minimum atomic E-state index is -3.07. The lowest BCUT2D eigenvalue weighted by Crippen LogP contribution is -1.86. The van der Waals surface area contributed by atoms with Gasteiger partial charge in [0.05, 0.1) is 0 Å². The van der Waals surface area contributed by atoms with Crippen molar-refractivity contribution in [2.24, 2.45) is 0 Å². The Labute approximate surface area is 79.4 Å². The maximum atomic E-state index is 7.67. The van der Waals surface area contributed by atoms with Crippen LogP contribution < -0.4 is 0 Å². The van der Waals surface area contributed by atoms with E-state index in [1.807, 2.05) is 0 Å². The number of rotatable bonds is 2. The Bertz CT molecular complexity index is 415. The zero-order valence-electron chi connectivity index (χ0n) is 12.1. The first-order valence-corrected chi connectivity index (χ1v) is 3.41. The molecular weight excluding hydrogens is 190 g/mol. The zero-order chi connectivity index (χ0) is 13.5. The molecule has 0 atom stereocenters. The maximum absolute atomic E-state index is 7.67. The van der Waals surface area contributed by atoms with Gasteiger partial charge in [-0.05, 0) is 18.5 Å². The molecule has 1 aromatic heterocycles. The number of hydrogen-bond donors (Lipinski definition) is 0. The van der Waals surface area contributed by atoms with Crippen LogP contribution in [0, 0.1) is 0 Å². The average Bonchev–Trinajstić information content (AvgIpc) is 2.15. The molecule has 1 nitrogen and oxygen atoms in total. The van der Waals surface area contributed by atoms with Crippen LogP contribution in [-0.4, -0.2) is 4.98 Å². The lowest BCUT2D eigenvalue weighted by atomic mass is 10.2. The Hall–Kier alpha value is -0.370. The highest BCUT2D eigenvalue weighted by Crippen LogP contribution is 2.09. The number of aromatic nitrogens is 1. The predicted molar refractivity (Wildman–Crippen MR) is 45.9 cm³/mol. The van der Waals surface area contributed by atoms with E-state index in [4.69, 9.17) is 9.60 Å². The molecule has 54 valence electrons. The normalized spacial score (nSPS) is 24.3. The molecule has 2 heteroatoms. The SMILES string of the molecule is [2H]C([2H])([2H])C([2H])([2H])C([2H])([2H])c1cc(Br)ccn1.